The Kier molecular flexibility index (Phi) is 4.73. The molecule has 0 saturated carbocycles. The maximum atomic E-state index is 12.4. The van der Waals surface area contributed by atoms with E-state index in [-0.39, 0.29) is 17.0 Å². The standard InChI is InChI=1S/C19H17ClN2O2/c1-3-15-7-4-12-10-14(6-9-18(12)24-15)22-19(23)16-8-5-13(21-2)11-17(16)20/h5-6,8-11,15H,3-4,7H2,1H3,(H,22,23). The quantitative estimate of drug-likeness (QED) is 0.776. The third-order valence-corrected chi connectivity index (χ3v) is 4.44. The number of amides is 1. The molecule has 0 saturated heterocycles. The van der Waals surface area contributed by atoms with Crippen molar-refractivity contribution in [1.29, 1.82) is 0 Å². The lowest BCUT2D eigenvalue weighted by molar-refractivity contribution is 0.102. The number of hydrogen-bond acceptors (Lipinski definition) is 2. The summed E-state index contributed by atoms with van der Waals surface area (Å²) in [6.45, 7) is 9.09. The highest BCUT2D eigenvalue weighted by Crippen LogP contribution is 2.31. The minimum absolute atomic E-state index is 0.271. The molecule has 5 heteroatoms. The van der Waals surface area contributed by atoms with Crippen LogP contribution in [0.1, 0.15) is 35.7 Å². The third kappa shape index (κ3) is 3.37. The van der Waals surface area contributed by atoms with Crippen LogP contribution in [-0.2, 0) is 6.42 Å². The number of carbonyl (C=O) groups excluding carboxylic acids is 1. The van der Waals surface area contributed by atoms with Crippen LogP contribution in [-0.4, -0.2) is 12.0 Å². The van der Waals surface area contributed by atoms with E-state index in [9.17, 15) is 4.79 Å². The molecular weight excluding hydrogens is 324 g/mol. The molecule has 2 aromatic carbocycles. The van der Waals surface area contributed by atoms with Crippen molar-refractivity contribution in [3.63, 3.8) is 0 Å². The monoisotopic (exact) mass is 340 g/mol. The topological polar surface area (TPSA) is 42.7 Å². The second-order valence-corrected chi connectivity index (χ2v) is 6.15. The van der Waals surface area contributed by atoms with Gasteiger partial charge >= 0.3 is 0 Å². The van der Waals surface area contributed by atoms with Crippen molar-refractivity contribution in [2.24, 2.45) is 0 Å². The lowest BCUT2D eigenvalue weighted by Gasteiger charge is -2.25. The molecule has 24 heavy (non-hydrogen) atoms. The van der Waals surface area contributed by atoms with Crippen molar-refractivity contribution in [2.75, 3.05) is 5.32 Å². The largest absolute Gasteiger partial charge is 0.490 e. The molecule has 1 unspecified atom stereocenters. The van der Waals surface area contributed by atoms with E-state index in [4.69, 9.17) is 22.9 Å². The van der Waals surface area contributed by atoms with Crippen LogP contribution in [0, 0.1) is 6.57 Å². The Morgan fingerprint density at radius 2 is 2.21 bits per heavy atom. The number of nitrogens with one attached hydrogen (secondary N) is 1. The first-order valence-electron chi connectivity index (χ1n) is 7.88. The van der Waals surface area contributed by atoms with Crippen molar-refractivity contribution in [2.45, 2.75) is 32.3 Å². The summed E-state index contributed by atoms with van der Waals surface area (Å²) in [5.74, 6) is 0.602. The van der Waals surface area contributed by atoms with E-state index in [0.29, 0.717) is 16.9 Å². The fraction of sp³-hybridized carbons (Fsp3) is 0.263. The average molecular weight is 341 g/mol. The molecule has 2 aromatic rings. The Balaban J connectivity index is 1.77. The van der Waals surface area contributed by atoms with Crippen LogP contribution in [0.25, 0.3) is 4.85 Å². The summed E-state index contributed by atoms with van der Waals surface area (Å²) in [4.78, 5) is 15.7. The van der Waals surface area contributed by atoms with E-state index in [2.05, 4.69) is 17.1 Å². The number of aryl methyl sites for hydroxylation is 1. The number of fused-ring (bicyclic) bond motifs is 1. The van der Waals surface area contributed by atoms with E-state index < -0.39 is 0 Å². The molecule has 0 spiro atoms. The molecule has 0 aromatic heterocycles. The Labute approximate surface area is 146 Å². The van der Waals surface area contributed by atoms with E-state index in [1.807, 2.05) is 18.2 Å². The summed E-state index contributed by atoms with van der Waals surface area (Å²) >= 11 is 6.09. The predicted octanol–water partition coefficient (Wildman–Crippen LogP) is 5.25. The maximum Gasteiger partial charge on any atom is 0.257 e. The molecular formula is C19H17ClN2O2. The number of rotatable bonds is 3. The first-order chi connectivity index (χ1) is 11.6. The summed E-state index contributed by atoms with van der Waals surface area (Å²) in [5, 5.41) is 3.13. The molecule has 0 aliphatic carbocycles. The highest BCUT2D eigenvalue weighted by Gasteiger charge is 2.19. The average Bonchev–Trinajstić information content (AvgIpc) is 2.60. The lowest BCUT2D eigenvalue weighted by Crippen LogP contribution is -2.21. The van der Waals surface area contributed by atoms with Crippen LogP contribution >= 0.6 is 11.6 Å². The molecule has 0 radical (unpaired) electrons. The Hall–Kier alpha value is -2.51. The van der Waals surface area contributed by atoms with Gasteiger partial charge in [0, 0.05) is 10.7 Å². The zero-order chi connectivity index (χ0) is 17.1. The van der Waals surface area contributed by atoms with Gasteiger partial charge < -0.3 is 10.1 Å². The van der Waals surface area contributed by atoms with Gasteiger partial charge in [-0.15, -0.1) is 0 Å². The normalized spacial score (nSPS) is 15.8. The van der Waals surface area contributed by atoms with E-state index in [1.165, 1.54) is 6.07 Å². The molecule has 1 N–H and O–H groups in total. The van der Waals surface area contributed by atoms with Gasteiger partial charge in [0.25, 0.3) is 5.91 Å². The number of anilines is 1. The lowest BCUT2D eigenvalue weighted by atomic mass is 10.0. The number of carbonyl (C=O) groups is 1. The van der Waals surface area contributed by atoms with Gasteiger partial charge in [-0.2, -0.15) is 0 Å². The number of benzene rings is 2. The van der Waals surface area contributed by atoms with Crippen molar-refractivity contribution in [3.8, 4) is 5.75 Å². The fourth-order valence-corrected chi connectivity index (χ4v) is 3.03. The van der Waals surface area contributed by atoms with Crippen LogP contribution in [0.5, 0.6) is 5.75 Å². The smallest absolute Gasteiger partial charge is 0.257 e. The van der Waals surface area contributed by atoms with Gasteiger partial charge in [0.05, 0.1) is 18.2 Å². The molecule has 1 aliphatic heterocycles. The minimum atomic E-state index is -0.292. The molecule has 1 amide bonds. The molecule has 1 aliphatic rings. The van der Waals surface area contributed by atoms with Gasteiger partial charge in [-0.25, -0.2) is 4.85 Å². The van der Waals surface area contributed by atoms with Crippen LogP contribution in [0.3, 0.4) is 0 Å². The molecule has 4 nitrogen and oxygen atoms in total. The zero-order valence-electron chi connectivity index (χ0n) is 13.3. The van der Waals surface area contributed by atoms with Crippen molar-refractivity contribution >= 4 is 28.9 Å². The third-order valence-electron chi connectivity index (χ3n) is 4.13. The first kappa shape index (κ1) is 16.4. The SMILES string of the molecule is [C-]#[N+]c1ccc(C(=O)Nc2ccc3c(c2)CCC(CC)O3)c(Cl)c1. The van der Waals surface area contributed by atoms with Crippen LogP contribution < -0.4 is 10.1 Å². The summed E-state index contributed by atoms with van der Waals surface area (Å²) in [6, 6.07) is 10.3. The molecule has 1 atom stereocenters. The van der Waals surface area contributed by atoms with Crippen molar-refractivity contribution in [3.05, 3.63) is 64.0 Å². The Bertz CT molecular complexity index is 827. The van der Waals surface area contributed by atoms with E-state index in [1.54, 1.807) is 12.1 Å². The van der Waals surface area contributed by atoms with Gasteiger partial charge in [0.1, 0.15) is 5.75 Å². The second-order valence-electron chi connectivity index (χ2n) is 5.74. The maximum absolute atomic E-state index is 12.4. The van der Waals surface area contributed by atoms with Gasteiger partial charge in [-0.1, -0.05) is 30.7 Å². The summed E-state index contributed by atoms with van der Waals surface area (Å²) in [5.41, 5.74) is 2.58. The minimum Gasteiger partial charge on any atom is -0.490 e. The zero-order valence-corrected chi connectivity index (χ0v) is 14.1. The van der Waals surface area contributed by atoms with Gasteiger partial charge in [0.15, 0.2) is 5.69 Å². The molecule has 0 fully saturated rings. The van der Waals surface area contributed by atoms with Crippen molar-refractivity contribution in [1.82, 2.24) is 0 Å². The predicted molar refractivity (Wildman–Crippen MR) is 95.1 cm³/mol. The van der Waals surface area contributed by atoms with E-state index >= 15 is 0 Å². The molecule has 0 bridgehead atoms. The summed E-state index contributed by atoms with van der Waals surface area (Å²) in [6.07, 6.45) is 3.21. The fourth-order valence-electron chi connectivity index (χ4n) is 2.77. The highest BCUT2D eigenvalue weighted by atomic mass is 35.5. The highest BCUT2D eigenvalue weighted by molar-refractivity contribution is 6.34. The second kappa shape index (κ2) is 6.94. The van der Waals surface area contributed by atoms with Crippen LogP contribution in [0.4, 0.5) is 11.4 Å². The van der Waals surface area contributed by atoms with Crippen LogP contribution in [0.15, 0.2) is 36.4 Å². The molecule has 1 heterocycles. The van der Waals surface area contributed by atoms with Gasteiger partial charge in [-0.05, 0) is 49.1 Å². The molecule has 122 valence electrons. The number of hydrogen-bond donors (Lipinski definition) is 1. The van der Waals surface area contributed by atoms with E-state index in [0.717, 1.165) is 30.6 Å². The number of nitrogens with zero attached hydrogens (tertiary/aromatic N) is 1. The Morgan fingerprint density at radius 3 is 2.92 bits per heavy atom. The van der Waals surface area contributed by atoms with Crippen molar-refractivity contribution < 1.29 is 9.53 Å². The first-order valence-corrected chi connectivity index (χ1v) is 8.26. The number of ether oxygens (including phenoxy) is 1. The summed E-state index contributed by atoms with van der Waals surface area (Å²) in [7, 11) is 0. The summed E-state index contributed by atoms with van der Waals surface area (Å²) < 4.78 is 5.91. The Morgan fingerprint density at radius 1 is 1.38 bits per heavy atom. The molecule has 3 rings (SSSR count). The van der Waals surface area contributed by atoms with Gasteiger partial charge in [-0.3, -0.25) is 4.79 Å². The van der Waals surface area contributed by atoms with Gasteiger partial charge in [0.2, 0.25) is 0 Å². The van der Waals surface area contributed by atoms with Crippen LogP contribution in [0.2, 0.25) is 5.02 Å². The number of halogens is 1.